The first kappa shape index (κ1) is 10.8. The maximum atomic E-state index is 11.5. The fourth-order valence-corrected chi connectivity index (χ4v) is 2.51. The number of nitrogens with zero attached hydrogens (tertiary/aromatic N) is 1. The highest BCUT2D eigenvalue weighted by molar-refractivity contribution is 5.80. The Hall–Kier alpha value is -0.690. The molecule has 4 atom stereocenters. The third kappa shape index (κ3) is 1.29. The van der Waals surface area contributed by atoms with Crippen molar-refractivity contribution in [3.63, 3.8) is 0 Å². The molecule has 2 aliphatic rings. The van der Waals surface area contributed by atoms with E-state index in [4.69, 9.17) is 0 Å². The summed E-state index contributed by atoms with van der Waals surface area (Å²) in [4.78, 5) is 12.8. The summed E-state index contributed by atoms with van der Waals surface area (Å²) in [5.41, 5.74) is -1.10. The second kappa shape index (κ2) is 3.41. The smallest absolute Gasteiger partial charge is 0.223 e. The summed E-state index contributed by atoms with van der Waals surface area (Å²) >= 11 is 0. The van der Waals surface area contributed by atoms with E-state index in [1.807, 2.05) is 0 Å². The van der Waals surface area contributed by atoms with E-state index in [9.17, 15) is 25.2 Å². The number of fused-ring (bicyclic) bond motifs is 1. The van der Waals surface area contributed by atoms with Gasteiger partial charge >= 0.3 is 0 Å². The van der Waals surface area contributed by atoms with Gasteiger partial charge in [-0.1, -0.05) is 0 Å². The molecule has 0 radical (unpaired) electrons. The zero-order valence-electron chi connectivity index (χ0n) is 8.20. The van der Waals surface area contributed by atoms with Crippen molar-refractivity contribution >= 4 is 5.91 Å². The molecule has 15 heavy (non-hydrogen) atoms. The molecule has 0 aromatic rings. The van der Waals surface area contributed by atoms with Gasteiger partial charge in [-0.25, -0.2) is 0 Å². The molecule has 86 valence electrons. The first-order valence-electron chi connectivity index (χ1n) is 4.98. The van der Waals surface area contributed by atoms with Crippen LogP contribution in [0, 0.1) is 0 Å². The van der Waals surface area contributed by atoms with Crippen molar-refractivity contribution in [3.05, 3.63) is 0 Å². The van der Waals surface area contributed by atoms with Crippen LogP contribution in [0.4, 0.5) is 0 Å². The zero-order chi connectivity index (χ0) is 11.2. The van der Waals surface area contributed by atoms with E-state index in [1.54, 1.807) is 0 Å². The van der Waals surface area contributed by atoms with Gasteiger partial charge < -0.3 is 25.3 Å². The monoisotopic (exact) mass is 217 g/mol. The van der Waals surface area contributed by atoms with Crippen molar-refractivity contribution in [1.29, 1.82) is 0 Å². The van der Waals surface area contributed by atoms with Crippen LogP contribution in [0.5, 0.6) is 0 Å². The van der Waals surface area contributed by atoms with Crippen LogP contribution in [0.3, 0.4) is 0 Å². The number of carbonyl (C=O) groups excluding carboxylic acids is 1. The predicted molar refractivity (Wildman–Crippen MR) is 48.8 cm³/mol. The molecule has 0 aromatic heterocycles. The Morgan fingerprint density at radius 1 is 1.40 bits per heavy atom. The Morgan fingerprint density at radius 2 is 2.07 bits per heavy atom. The minimum atomic E-state index is -1.31. The van der Waals surface area contributed by atoms with Crippen molar-refractivity contribution in [2.75, 3.05) is 13.2 Å². The number of hydrogen-bond donors (Lipinski definition) is 4. The molecule has 0 spiro atoms. The molecular formula is C9H15NO5. The largest absolute Gasteiger partial charge is 0.394 e. The number of piperidine rings is 1. The van der Waals surface area contributed by atoms with E-state index in [2.05, 4.69) is 0 Å². The summed E-state index contributed by atoms with van der Waals surface area (Å²) in [6.07, 6.45) is -3.21. The summed E-state index contributed by atoms with van der Waals surface area (Å²) in [5, 5.41) is 38.1. The molecule has 2 rings (SSSR count). The Balaban J connectivity index is 2.34. The zero-order valence-corrected chi connectivity index (χ0v) is 8.20. The summed E-state index contributed by atoms with van der Waals surface area (Å²) in [5.74, 6) is -0.200. The summed E-state index contributed by atoms with van der Waals surface area (Å²) in [6, 6.07) is 0. The molecule has 2 heterocycles. The number of carbonyl (C=O) groups is 1. The summed E-state index contributed by atoms with van der Waals surface area (Å²) in [6.45, 7) is -0.429. The lowest BCUT2D eigenvalue weighted by atomic mass is 9.81. The SMILES string of the molecule is O=C1CC[C@]2(CO)[C@@H](O)[C@H](O)[C@@H](O)CN12. The van der Waals surface area contributed by atoms with Crippen LogP contribution in [0.2, 0.25) is 0 Å². The number of hydrogen-bond acceptors (Lipinski definition) is 5. The van der Waals surface area contributed by atoms with Crippen LogP contribution in [0.25, 0.3) is 0 Å². The Bertz CT molecular complexity index is 284. The molecule has 0 aromatic carbocycles. The van der Waals surface area contributed by atoms with E-state index in [-0.39, 0.29) is 18.9 Å². The number of rotatable bonds is 1. The summed E-state index contributed by atoms with van der Waals surface area (Å²) < 4.78 is 0. The van der Waals surface area contributed by atoms with Gasteiger partial charge in [-0.2, -0.15) is 0 Å². The minimum absolute atomic E-state index is 0.0301. The molecule has 2 aliphatic heterocycles. The maximum Gasteiger partial charge on any atom is 0.223 e. The van der Waals surface area contributed by atoms with Crippen LogP contribution >= 0.6 is 0 Å². The molecule has 0 aliphatic carbocycles. The molecule has 4 N–H and O–H groups in total. The molecule has 0 unspecified atom stereocenters. The van der Waals surface area contributed by atoms with Crippen LogP contribution < -0.4 is 0 Å². The number of amides is 1. The van der Waals surface area contributed by atoms with Gasteiger partial charge in [0, 0.05) is 13.0 Å². The lowest BCUT2D eigenvalue weighted by Crippen LogP contribution is -2.69. The molecule has 0 bridgehead atoms. The Labute approximate surface area is 86.7 Å². The third-order valence-electron chi connectivity index (χ3n) is 3.52. The number of β-amino-alcohol motifs (C(OH)–C–C–N with tert-alkyl or cyclic N) is 1. The third-order valence-corrected chi connectivity index (χ3v) is 3.52. The van der Waals surface area contributed by atoms with E-state index in [0.29, 0.717) is 6.42 Å². The molecular weight excluding hydrogens is 202 g/mol. The highest BCUT2D eigenvalue weighted by Crippen LogP contribution is 2.38. The van der Waals surface area contributed by atoms with E-state index < -0.39 is 30.5 Å². The first-order valence-corrected chi connectivity index (χ1v) is 4.98. The quantitative estimate of drug-likeness (QED) is 0.387. The predicted octanol–water partition coefficient (Wildman–Crippen LogP) is -2.56. The van der Waals surface area contributed by atoms with Crippen LogP contribution in [0.15, 0.2) is 0 Å². The van der Waals surface area contributed by atoms with Gasteiger partial charge in [0.25, 0.3) is 0 Å². The highest BCUT2D eigenvalue weighted by Gasteiger charge is 2.57. The van der Waals surface area contributed by atoms with Gasteiger partial charge in [0.2, 0.25) is 5.91 Å². The number of aliphatic hydroxyl groups excluding tert-OH is 4. The Morgan fingerprint density at radius 3 is 2.67 bits per heavy atom. The van der Waals surface area contributed by atoms with E-state index in [0.717, 1.165) is 0 Å². The summed E-state index contributed by atoms with van der Waals surface area (Å²) in [7, 11) is 0. The fourth-order valence-electron chi connectivity index (χ4n) is 2.51. The highest BCUT2D eigenvalue weighted by atomic mass is 16.4. The van der Waals surface area contributed by atoms with Gasteiger partial charge in [-0.15, -0.1) is 0 Å². The van der Waals surface area contributed by atoms with Gasteiger partial charge in [0.1, 0.15) is 18.3 Å². The maximum absolute atomic E-state index is 11.5. The molecule has 1 amide bonds. The van der Waals surface area contributed by atoms with Crippen LogP contribution in [-0.2, 0) is 4.79 Å². The van der Waals surface area contributed by atoms with E-state index >= 15 is 0 Å². The molecule has 6 nitrogen and oxygen atoms in total. The molecule has 2 saturated heterocycles. The average molecular weight is 217 g/mol. The second-order valence-electron chi connectivity index (χ2n) is 4.27. The van der Waals surface area contributed by atoms with E-state index in [1.165, 1.54) is 4.90 Å². The Kier molecular flexibility index (Phi) is 2.46. The van der Waals surface area contributed by atoms with Crippen molar-refractivity contribution in [2.45, 2.75) is 36.7 Å². The second-order valence-corrected chi connectivity index (χ2v) is 4.27. The fraction of sp³-hybridized carbons (Fsp3) is 0.889. The molecule has 6 heteroatoms. The van der Waals surface area contributed by atoms with Gasteiger partial charge in [0.15, 0.2) is 0 Å². The minimum Gasteiger partial charge on any atom is -0.394 e. The lowest BCUT2D eigenvalue weighted by Gasteiger charge is -2.48. The van der Waals surface area contributed by atoms with Crippen LogP contribution in [-0.4, -0.2) is 68.2 Å². The van der Waals surface area contributed by atoms with Crippen molar-refractivity contribution in [3.8, 4) is 0 Å². The van der Waals surface area contributed by atoms with Crippen molar-refractivity contribution < 1.29 is 25.2 Å². The van der Waals surface area contributed by atoms with Crippen molar-refractivity contribution in [2.24, 2.45) is 0 Å². The van der Waals surface area contributed by atoms with Crippen molar-refractivity contribution in [1.82, 2.24) is 4.90 Å². The normalized spacial score (nSPS) is 45.7. The number of aliphatic hydroxyl groups is 4. The van der Waals surface area contributed by atoms with Gasteiger partial charge in [-0.3, -0.25) is 4.79 Å². The molecule has 0 saturated carbocycles. The first-order chi connectivity index (χ1) is 7.03. The standard InChI is InChI=1S/C9H15NO5/c11-4-9-2-1-6(13)10(9)3-5(12)7(14)8(9)15/h5,7-8,11-12,14-15H,1-4H2/t5-,7+,8-,9-/m0/s1. The van der Waals surface area contributed by atoms with Crippen LogP contribution in [0.1, 0.15) is 12.8 Å². The van der Waals surface area contributed by atoms with Gasteiger partial charge in [-0.05, 0) is 6.42 Å². The topological polar surface area (TPSA) is 101 Å². The molecule has 2 fully saturated rings. The van der Waals surface area contributed by atoms with Gasteiger partial charge in [0.05, 0.1) is 12.1 Å². The lowest BCUT2D eigenvalue weighted by molar-refractivity contribution is -0.182. The average Bonchev–Trinajstić information content (AvgIpc) is 2.55.